The molecule has 6 heteroatoms. The molecule has 0 fully saturated rings. The molecule has 2 aromatic rings. The molecule has 2 rings (SSSR count). The molecular formula is C14H12Br2ClNO2. The van der Waals surface area contributed by atoms with Crippen LogP contribution in [0.2, 0.25) is 5.02 Å². The average Bonchev–Trinajstić information content (AvgIpc) is 2.43. The van der Waals surface area contributed by atoms with Gasteiger partial charge in [-0.05, 0) is 61.7 Å². The summed E-state index contributed by atoms with van der Waals surface area (Å²) < 4.78 is 12.6. The van der Waals surface area contributed by atoms with Crippen molar-refractivity contribution in [2.45, 2.75) is 6.61 Å². The van der Waals surface area contributed by atoms with Crippen LogP contribution in [0.3, 0.4) is 0 Å². The summed E-state index contributed by atoms with van der Waals surface area (Å²) in [7, 11) is 1.61. The van der Waals surface area contributed by atoms with Crippen molar-refractivity contribution in [3.63, 3.8) is 0 Å². The largest absolute Gasteiger partial charge is 0.496 e. The Balaban J connectivity index is 2.14. The van der Waals surface area contributed by atoms with Crippen molar-refractivity contribution in [3.05, 3.63) is 49.9 Å². The zero-order valence-corrected chi connectivity index (χ0v) is 14.5. The first-order valence-electron chi connectivity index (χ1n) is 5.71. The number of hydrogen-bond donors (Lipinski definition) is 1. The van der Waals surface area contributed by atoms with Gasteiger partial charge in [0.1, 0.15) is 18.1 Å². The van der Waals surface area contributed by atoms with Gasteiger partial charge in [-0.2, -0.15) is 0 Å². The maximum atomic E-state index is 5.88. The van der Waals surface area contributed by atoms with Crippen LogP contribution in [-0.2, 0) is 6.61 Å². The lowest BCUT2D eigenvalue weighted by molar-refractivity contribution is 0.303. The van der Waals surface area contributed by atoms with Crippen LogP contribution in [0, 0.1) is 0 Å². The fourth-order valence-corrected chi connectivity index (χ4v) is 2.66. The number of rotatable bonds is 4. The Kier molecular flexibility index (Phi) is 5.18. The van der Waals surface area contributed by atoms with Gasteiger partial charge in [-0.1, -0.05) is 17.7 Å². The molecule has 0 unspecified atom stereocenters. The van der Waals surface area contributed by atoms with Crippen LogP contribution in [0.5, 0.6) is 11.5 Å². The molecule has 0 bridgehead atoms. The number of anilines is 1. The summed E-state index contributed by atoms with van der Waals surface area (Å²) in [5.74, 6) is 1.45. The fraction of sp³-hybridized carbons (Fsp3) is 0.143. The standard InChI is InChI=1S/C14H12Br2ClNO2/c1-19-13-5-10(16)14(6-9(13)15)20-7-8-2-3-11(17)12(18)4-8/h2-6H,7,18H2,1H3. The van der Waals surface area contributed by atoms with E-state index in [2.05, 4.69) is 31.9 Å². The minimum atomic E-state index is 0.402. The maximum absolute atomic E-state index is 5.88. The summed E-state index contributed by atoms with van der Waals surface area (Å²) >= 11 is 12.8. The second-order valence-electron chi connectivity index (χ2n) is 4.06. The third-order valence-electron chi connectivity index (χ3n) is 2.66. The van der Waals surface area contributed by atoms with Crippen LogP contribution in [0.4, 0.5) is 5.69 Å². The van der Waals surface area contributed by atoms with E-state index >= 15 is 0 Å². The van der Waals surface area contributed by atoms with E-state index in [-0.39, 0.29) is 0 Å². The molecule has 0 aromatic heterocycles. The number of nitrogen functional groups attached to an aromatic ring is 1. The van der Waals surface area contributed by atoms with E-state index in [1.54, 1.807) is 19.2 Å². The molecule has 3 nitrogen and oxygen atoms in total. The highest BCUT2D eigenvalue weighted by atomic mass is 79.9. The smallest absolute Gasteiger partial charge is 0.135 e. The van der Waals surface area contributed by atoms with Crippen molar-refractivity contribution in [3.8, 4) is 11.5 Å². The molecule has 0 heterocycles. The van der Waals surface area contributed by atoms with Gasteiger partial charge in [0.15, 0.2) is 0 Å². The minimum absolute atomic E-state index is 0.402. The lowest BCUT2D eigenvalue weighted by atomic mass is 10.2. The normalized spacial score (nSPS) is 10.4. The Bertz CT molecular complexity index is 635. The van der Waals surface area contributed by atoms with E-state index < -0.39 is 0 Å². The number of nitrogens with two attached hydrogens (primary N) is 1. The van der Waals surface area contributed by atoms with E-state index in [0.29, 0.717) is 23.1 Å². The van der Waals surface area contributed by atoms with E-state index in [4.69, 9.17) is 26.8 Å². The second kappa shape index (κ2) is 6.70. The molecule has 0 amide bonds. The van der Waals surface area contributed by atoms with E-state index in [9.17, 15) is 0 Å². The SMILES string of the molecule is COc1cc(Br)c(OCc2ccc(Cl)c(N)c2)cc1Br. The zero-order valence-electron chi connectivity index (χ0n) is 10.6. The van der Waals surface area contributed by atoms with Crippen molar-refractivity contribution in [1.82, 2.24) is 0 Å². The first kappa shape index (κ1) is 15.5. The van der Waals surface area contributed by atoms with Crippen LogP contribution in [-0.4, -0.2) is 7.11 Å². The maximum Gasteiger partial charge on any atom is 0.135 e. The molecule has 20 heavy (non-hydrogen) atoms. The van der Waals surface area contributed by atoms with Crippen LogP contribution in [0.1, 0.15) is 5.56 Å². The van der Waals surface area contributed by atoms with Crippen LogP contribution in [0.25, 0.3) is 0 Å². The Hall–Kier alpha value is -0.910. The quantitative estimate of drug-likeness (QED) is 0.704. The monoisotopic (exact) mass is 419 g/mol. The molecule has 106 valence electrons. The van der Waals surface area contributed by atoms with Gasteiger partial charge in [-0.25, -0.2) is 0 Å². The molecule has 0 saturated carbocycles. The van der Waals surface area contributed by atoms with Gasteiger partial charge in [0, 0.05) is 0 Å². The van der Waals surface area contributed by atoms with E-state index in [1.807, 2.05) is 18.2 Å². The predicted octanol–water partition coefficient (Wildman–Crippen LogP) is 5.03. The van der Waals surface area contributed by atoms with Crippen molar-refractivity contribution in [2.75, 3.05) is 12.8 Å². The molecule has 0 atom stereocenters. The number of ether oxygens (including phenoxy) is 2. The zero-order chi connectivity index (χ0) is 14.7. The topological polar surface area (TPSA) is 44.5 Å². The van der Waals surface area contributed by atoms with Crippen LogP contribution < -0.4 is 15.2 Å². The van der Waals surface area contributed by atoms with Crippen molar-refractivity contribution < 1.29 is 9.47 Å². The Morgan fingerprint density at radius 1 is 1.10 bits per heavy atom. The lowest BCUT2D eigenvalue weighted by Crippen LogP contribution is -1.98. The summed E-state index contributed by atoms with van der Waals surface area (Å²) in [4.78, 5) is 0. The number of benzene rings is 2. The van der Waals surface area contributed by atoms with Crippen molar-refractivity contribution in [2.24, 2.45) is 0 Å². The molecule has 0 aliphatic rings. The molecule has 0 aliphatic heterocycles. The van der Waals surface area contributed by atoms with Crippen molar-refractivity contribution >= 4 is 49.1 Å². The lowest BCUT2D eigenvalue weighted by Gasteiger charge is -2.11. The van der Waals surface area contributed by atoms with E-state index in [0.717, 1.165) is 20.3 Å². The predicted molar refractivity (Wildman–Crippen MR) is 88.6 cm³/mol. The van der Waals surface area contributed by atoms with Gasteiger partial charge in [0.2, 0.25) is 0 Å². The molecule has 0 radical (unpaired) electrons. The van der Waals surface area contributed by atoms with Gasteiger partial charge < -0.3 is 15.2 Å². The Morgan fingerprint density at radius 3 is 2.40 bits per heavy atom. The van der Waals surface area contributed by atoms with Gasteiger partial charge in [0.25, 0.3) is 0 Å². The Morgan fingerprint density at radius 2 is 1.75 bits per heavy atom. The van der Waals surface area contributed by atoms with Gasteiger partial charge >= 0.3 is 0 Å². The molecule has 2 aromatic carbocycles. The van der Waals surface area contributed by atoms with Gasteiger partial charge in [-0.3, -0.25) is 0 Å². The number of hydrogen-bond acceptors (Lipinski definition) is 3. The van der Waals surface area contributed by atoms with Gasteiger partial charge in [0.05, 0.1) is 26.8 Å². The molecular weight excluding hydrogens is 409 g/mol. The first-order chi connectivity index (χ1) is 9.51. The minimum Gasteiger partial charge on any atom is -0.496 e. The summed E-state index contributed by atoms with van der Waals surface area (Å²) in [5, 5.41) is 0.544. The third kappa shape index (κ3) is 3.59. The highest BCUT2D eigenvalue weighted by molar-refractivity contribution is 9.11. The first-order valence-corrected chi connectivity index (χ1v) is 7.67. The number of methoxy groups -OCH3 is 1. The summed E-state index contributed by atoms with van der Waals surface area (Å²) in [6, 6.07) is 9.13. The summed E-state index contributed by atoms with van der Waals surface area (Å²) in [6.07, 6.45) is 0. The fourth-order valence-electron chi connectivity index (χ4n) is 1.62. The Labute approximate surface area is 139 Å². The second-order valence-corrected chi connectivity index (χ2v) is 6.18. The summed E-state index contributed by atoms with van der Waals surface area (Å²) in [6.45, 7) is 0.402. The van der Waals surface area contributed by atoms with E-state index in [1.165, 1.54) is 0 Å². The van der Waals surface area contributed by atoms with Crippen LogP contribution >= 0.6 is 43.5 Å². The average molecular weight is 422 g/mol. The van der Waals surface area contributed by atoms with Crippen molar-refractivity contribution in [1.29, 1.82) is 0 Å². The molecule has 2 N–H and O–H groups in total. The molecule has 0 spiro atoms. The molecule has 0 aliphatic carbocycles. The summed E-state index contributed by atoms with van der Waals surface area (Å²) in [5.41, 5.74) is 7.25. The highest BCUT2D eigenvalue weighted by Crippen LogP contribution is 2.36. The third-order valence-corrected chi connectivity index (χ3v) is 4.24. The molecule has 0 saturated heterocycles. The highest BCUT2D eigenvalue weighted by Gasteiger charge is 2.08. The van der Waals surface area contributed by atoms with Crippen LogP contribution in [0.15, 0.2) is 39.3 Å². The number of halogens is 3. The van der Waals surface area contributed by atoms with Gasteiger partial charge in [-0.15, -0.1) is 0 Å².